The van der Waals surface area contributed by atoms with Crippen LogP contribution in [0.15, 0.2) is 54.7 Å². The topological polar surface area (TPSA) is 49.3 Å². The first-order valence-electron chi connectivity index (χ1n) is 5.78. The Balaban J connectivity index is 2.05. The van der Waals surface area contributed by atoms with Gasteiger partial charge in [0, 0.05) is 18.0 Å². The highest BCUT2D eigenvalue weighted by molar-refractivity contribution is 6.31. The molecule has 0 saturated heterocycles. The first-order valence-corrected chi connectivity index (χ1v) is 6.16. The predicted molar refractivity (Wildman–Crippen MR) is 76.6 cm³/mol. The quantitative estimate of drug-likeness (QED) is 0.661. The number of phenols is 1. The highest BCUT2D eigenvalue weighted by Gasteiger charge is 2.06. The zero-order valence-electron chi connectivity index (χ0n) is 10.3. The summed E-state index contributed by atoms with van der Waals surface area (Å²) in [6.45, 7) is 0. The minimum Gasteiger partial charge on any atom is -0.507 e. The van der Waals surface area contributed by atoms with Crippen molar-refractivity contribution in [1.82, 2.24) is 0 Å². The summed E-state index contributed by atoms with van der Waals surface area (Å²) < 4.78 is 13.0. The van der Waals surface area contributed by atoms with Crippen LogP contribution in [0.1, 0.15) is 10.4 Å². The molecule has 0 heterocycles. The third kappa shape index (κ3) is 3.36. The molecule has 0 aliphatic heterocycles. The standard InChI is InChI=1S/C15H11ClFNO2/c16-12-9-10(5-6-13(12)17)18-8-7-15(20)11-3-1-2-4-14(11)19/h1-9,18-19H. The molecular formula is C15H11ClFNO2. The van der Waals surface area contributed by atoms with Crippen molar-refractivity contribution in [3.05, 3.63) is 71.1 Å². The van der Waals surface area contributed by atoms with Crippen LogP contribution >= 0.6 is 11.6 Å². The number of ketones is 1. The van der Waals surface area contributed by atoms with Crippen LogP contribution < -0.4 is 5.32 Å². The Morgan fingerprint density at radius 3 is 2.70 bits per heavy atom. The molecule has 2 rings (SSSR count). The van der Waals surface area contributed by atoms with E-state index < -0.39 is 5.82 Å². The summed E-state index contributed by atoms with van der Waals surface area (Å²) >= 11 is 5.63. The van der Waals surface area contributed by atoms with E-state index in [1.807, 2.05) is 0 Å². The number of phenolic OH excluding ortho intramolecular Hbond substituents is 1. The zero-order chi connectivity index (χ0) is 14.5. The van der Waals surface area contributed by atoms with E-state index in [1.54, 1.807) is 12.1 Å². The molecule has 0 aliphatic carbocycles. The second kappa shape index (κ2) is 6.21. The number of carbonyl (C=O) groups is 1. The number of aromatic hydroxyl groups is 1. The van der Waals surface area contributed by atoms with Gasteiger partial charge in [-0.3, -0.25) is 4.79 Å². The lowest BCUT2D eigenvalue weighted by Crippen LogP contribution is -1.96. The molecule has 2 N–H and O–H groups in total. The van der Waals surface area contributed by atoms with E-state index in [4.69, 9.17) is 11.6 Å². The monoisotopic (exact) mass is 291 g/mol. The average Bonchev–Trinajstić information content (AvgIpc) is 2.43. The molecule has 102 valence electrons. The second-order valence-electron chi connectivity index (χ2n) is 3.99. The van der Waals surface area contributed by atoms with Gasteiger partial charge in [-0.15, -0.1) is 0 Å². The largest absolute Gasteiger partial charge is 0.507 e. The molecule has 2 aromatic carbocycles. The maximum Gasteiger partial charge on any atom is 0.190 e. The van der Waals surface area contributed by atoms with Gasteiger partial charge in [0.15, 0.2) is 5.78 Å². The van der Waals surface area contributed by atoms with E-state index in [1.165, 1.54) is 42.6 Å². The molecule has 0 fully saturated rings. The highest BCUT2D eigenvalue weighted by Crippen LogP contribution is 2.20. The fourth-order valence-corrected chi connectivity index (χ4v) is 1.75. The van der Waals surface area contributed by atoms with Gasteiger partial charge in [0.1, 0.15) is 11.6 Å². The summed E-state index contributed by atoms with van der Waals surface area (Å²) in [6.07, 6.45) is 2.67. The fourth-order valence-electron chi connectivity index (χ4n) is 1.57. The molecule has 0 radical (unpaired) electrons. The van der Waals surface area contributed by atoms with E-state index >= 15 is 0 Å². The van der Waals surface area contributed by atoms with Gasteiger partial charge in [0.05, 0.1) is 10.6 Å². The molecule has 0 aromatic heterocycles. The summed E-state index contributed by atoms with van der Waals surface area (Å²) in [5.74, 6) is -0.928. The van der Waals surface area contributed by atoms with E-state index in [9.17, 15) is 14.3 Å². The second-order valence-corrected chi connectivity index (χ2v) is 4.40. The number of anilines is 1. The average molecular weight is 292 g/mol. The van der Waals surface area contributed by atoms with Crippen molar-refractivity contribution >= 4 is 23.1 Å². The first-order chi connectivity index (χ1) is 9.58. The van der Waals surface area contributed by atoms with Crippen molar-refractivity contribution in [1.29, 1.82) is 0 Å². The van der Waals surface area contributed by atoms with Gasteiger partial charge in [-0.25, -0.2) is 4.39 Å². The summed E-state index contributed by atoms with van der Waals surface area (Å²) in [5.41, 5.74) is 0.764. The molecule has 0 atom stereocenters. The maximum atomic E-state index is 13.0. The molecular weight excluding hydrogens is 281 g/mol. The number of carbonyl (C=O) groups excluding carboxylic acids is 1. The van der Waals surface area contributed by atoms with Crippen molar-refractivity contribution in [3.63, 3.8) is 0 Å². The van der Waals surface area contributed by atoms with Crippen LogP contribution in [0.3, 0.4) is 0 Å². The number of halogens is 2. The lowest BCUT2D eigenvalue weighted by molar-refractivity contribution is 0.104. The molecule has 5 heteroatoms. The van der Waals surface area contributed by atoms with Gasteiger partial charge < -0.3 is 10.4 Å². The van der Waals surface area contributed by atoms with E-state index in [2.05, 4.69) is 5.32 Å². The van der Waals surface area contributed by atoms with Crippen LogP contribution in [0.4, 0.5) is 10.1 Å². The minimum atomic E-state index is -0.508. The Labute approximate surface area is 120 Å². The summed E-state index contributed by atoms with van der Waals surface area (Å²) in [4.78, 5) is 11.8. The summed E-state index contributed by atoms with van der Waals surface area (Å²) in [7, 11) is 0. The molecule has 0 amide bonds. The fraction of sp³-hybridized carbons (Fsp3) is 0. The molecule has 2 aromatic rings. The van der Waals surface area contributed by atoms with Gasteiger partial charge in [-0.1, -0.05) is 23.7 Å². The Bertz CT molecular complexity index is 671. The Hall–Kier alpha value is -2.33. The normalized spacial score (nSPS) is 10.7. The number of allylic oxidation sites excluding steroid dienone is 1. The number of nitrogens with one attached hydrogen (secondary N) is 1. The molecule has 0 unspecified atom stereocenters. The SMILES string of the molecule is O=C(C=CNc1ccc(F)c(Cl)c1)c1ccccc1O. The van der Waals surface area contributed by atoms with E-state index in [-0.39, 0.29) is 22.1 Å². The van der Waals surface area contributed by atoms with Gasteiger partial charge in [0.25, 0.3) is 0 Å². The van der Waals surface area contributed by atoms with Crippen LogP contribution in [0.25, 0.3) is 0 Å². The zero-order valence-corrected chi connectivity index (χ0v) is 11.1. The highest BCUT2D eigenvalue weighted by atomic mass is 35.5. The van der Waals surface area contributed by atoms with Crippen LogP contribution in [0.5, 0.6) is 5.75 Å². The lowest BCUT2D eigenvalue weighted by Gasteiger charge is -2.02. The van der Waals surface area contributed by atoms with Gasteiger partial charge in [-0.05, 0) is 30.3 Å². The Morgan fingerprint density at radius 1 is 1.25 bits per heavy atom. The van der Waals surface area contributed by atoms with Gasteiger partial charge >= 0.3 is 0 Å². The maximum absolute atomic E-state index is 13.0. The van der Waals surface area contributed by atoms with Crippen LogP contribution in [0, 0.1) is 5.82 Å². The number of hydrogen-bond donors (Lipinski definition) is 2. The Kier molecular flexibility index (Phi) is 4.38. The number of benzene rings is 2. The van der Waals surface area contributed by atoms with E-state index in [0.717, 1.165) is 0 Å². The van der Waals surface area contributed by atoms with Crippen LogP contribution in [-0.4, -0.2) is 10.9 Å². The summed E-state index contributed by atoms with van der Waals surface area (Å²) in [6, 6.07) is 10.4. The van der Waals surface area contributed by atoms with E-state index in [0.29, 0.717) is 5.69 Å². The van der Waals surface area contributed by atoms with Crippen molar-refractivity contribution in [2.24, 2.45) is 0 Å². The van der Waals surface area contributed by atoms with Crippen LogP contribution in [-0.2, 0) is 0 Å². The van der Waals surface area contributed by atoms with Crippen LogP contribution in [0.2, 0.25) is 5.02 Å². The first kappa shape index (κ1) is 14.1. The Morgan fingerprint density at radius 2 is 2.00 bits per heavy atom. The third-order valence-electron chi connectivity index (χ3n) is 2.57. The van der Waals surface area contributed by atoms with Gasteiger partial charge in [0.2, 0.25) is 0 Å². The smallest absolute Gasteiger partial charge is 0.190 e. The van der Waals surface area contributed by atoms with Crippen molar-refractivity contribution in [2.45, 2.75) is 0 Å². The predicted octanol–water partition coefficient (Wildman–Crippen LogP) is 3.99. The molecule has 0 bridgehead atoms. The number of para-hydroxylation sites is 1. The minimum absolute atomic E-state index is 0.00423. The van der Waals surface area contributed by atoms with Crippen molar-refractivity contribution in [3.8, 4) is 5.75 Å². The molecule has 0 spiro atoms. The molecule has 0 saturated carbocycles. The number of hydrogen-bond acceptors (Lipinski definition) is 3. The molecule has 3 nitrogen and oxygen atoms in total. The number of rotatable bonds is 4. The lowest BCUT2D eigenvalue weighted by atomic mass is 10.1. The molecule has 0 aliphatic rings. The van der Waals surface area contributed by atoms with Gasteiger partial charge in [-0.2, -0.15) is 0 Å². The van der Waals surface area contributed by atoms with Crippen molar-refractivity contribution < 1.29 is 14.3 Å². The van der Waals surface area contributed by atoms with Crippen molar-refractivity contribution in [2.75, 3.05) is 5.32 Å². The summed E-state index contributed by atoms with van der Waals surface area (Å²) in [5, 5.41) is 12.3. The third-order valence-corrected chi connectivity index (χ3v) is 2.86. The molecule has 20 heavy (non-hydrogen) atoms.